The van der Waals surface area contributed by atoms with E-state index in [1.54, 1.807) is 0 Å². The summed E-state index contributed by atoms with van der Waals surface area (Å²) in [6.07, 6.45) is 0.176. The second-order valence-electron chi connectivity index (χ2n) is 6.71. The minimum atomic E-state index is 0.176. The Morgan fingerprint density at radius 2 is 1.80 bits per heavy atom. The van der Waals surface area contributed by atoms with Crippen LogP contribution in [0.1, 0.15) is 25.0 Å². The number of benzene rings is 2. The van der Waals surface area contributed by atoms with E-state index in [2.05, 4.69) is 54.0 Å². The number of piperazine rings is 1. The third-order valence-electron chi connectivity index (χ3n) is 4.40. The van der Waals surface area contributed by atoms with Gasteiger partial charge in [0.05, 0.1) is 23.4 Å². The molecule has 0 unspecified atom stereocenters. The van der Waals surface area contributed by atoms with Crippen LogP contribution in [0.25, 0.3) is 0 Å². The van der Waals surface area contributed by atoms with Crippen LogP contribution in [0, 0.1) is 11.3 Å². The largest absolute Gasteiger partial charge is 0.489 e. The van der Waals surface area contributed by atoms with Gasteiger partial charge in [0.2, 0.25) is 0 Å². The molecule has 1 fully saturated rings. The third-order valence-corrected chi connectivity index (χ3v) is 4.40. The third kappa shape index (κ3) is 4.52. The predicted octanol–water partition coefficient (Wildman–Crippen LogP) is 3.67. The van der Waals surface area contributed by atoms with E-state index in [0.29, 0.717) is 0 Å². The van der Waals surface area contributed by atoms with Crippen molar-refractivity contribution in [2.24, 2.45) is 0 Å². The first-order chi connectivity index (χ1) is 12.2. The summed E-state index contributed by atoms with van der Waals surface area (Å²) in [6.45, 7) is 8.99. The highest BCUT2D eigenvalue weighted by Gasteiger charge is 2.20. The molecule has 4 heteroatoms. The molecule has 0 radical (unpaired) electrons. The van der Waals surface area contributed by atoms with Gasteiger partial charge in [-0.05, 0) is 43.7 Å². The molecular weight excluding hydrogens is 310 g/mol. The lowest BCUT2D eigenvalue weighted by Gasteiger charge is -2.37. The standard InChI is InChI=1S/C21H25N3O/c1-17(2)25-21-9-4-3-8-20(21)24-12-10-23(11-13-24)16-19-7-5-6-18(14-19)15-22/h3-9,14,17H,10-13,16H2,1-2H3. The van der Waals surface area contributed by atoms with E-state index in [-0.39, 0.29) is 6.10 Å². The molecule has 2 aromatic rings. The summed E-state index contributed by atoms with van der Waals surface area (Å²) in [5, 5.41) is 9.03. The summed E-state index contributed by atoms with van der Waals surface area (Å²) in [7, 11) is 0. The first-order valence-electron chi connectivity index (χ1n) is 8.88. The summed E-state index contributed by atoms with van der Waals surface area (Å²) >= 11 is 0. The Labute approximate surface area is 150 Å². The smallest absolute Gasteiger partial charge is 0.142 e. The Hall–Kier alpha value is -2.51. The number of hydrogen-bond donors (Lipinski definition) is 0. The molecule has 1 aliphatic rings. The molecule has 0 N–H and O–H groups in total. The van der Waals surface area contributed by atoms with Crippen LogP contribution in [0.15, 0.2) is 48.5 Å². The molecule has 1 aliphatic heterocycles. The predicted molar refractivity (Wildman–Crippen MR) is 101 cm³/mol. The van der Waals surface area contributed by atoms with Crippen molar-refractivity contribution in [2.45, 2.75) is 26.5 Å². The number of ether oxygens (including phenoxy) is 1. The van der Waals surface area contributed by atoms with Gasteiger partial charge in [0, 0.05) is 32.7 Å². The summed E-state index contributed by atoms with van der Waals surface area (Å²) < 4.78 is 5.96. The van der Waals surface area contributed by atoms with E-state index in [1.165, 1.54) is 11.3 Å². The van der Waals surface area contributed by atoms with Crippen molar-refractivity contribution in [1.82, 2.24) is 4.90 Å². The molecule has 25 heavy (non-hydrogen) atoms. The van der Waals surface area contributed by atoms with Gasteiger partial charge >= 0.3 is 0 Å². The second-order valence-corrected chi connectivity index (χ2v) is 6.71. The molecular formula is C21H25N3O. The molecule has 3 rings (SSSR count). The van der Waals surface area contributed by atoms with Crippen molar-refractivity contribution in [2.75, 3.05) is 31.1 Å². The van der Waals surface area contributed by atoms with Crippen LogP contribution in [0.5, 0.6) is 5.75 Å². The van der Waals surface area contributed by atoms with Crippen LogP contribution in [0.3, 0.4) is 0 Å². The fourth-order valence-corrected chi connectivity index (χ4v) is 3.22. The maximum absolute atomic E-state index is 9.03. The molecule has 0 saturated carbocycles. The number of rotatable bonds is 5. The number of anilines is 1. The average Bonchev–Trinajstić information content (AvgIpc) is 2.63. The zero-order chi connectivity index (χ0) is 17.6. The highest BCUT2D eigenvalue weighted by molar-refractivity contribution is 5.58. The van der Waals surface area contributed by atoms with Crippen molar-refractivity contribution in [1.29, 1.82) is 5.26 Å². The fourth-order valence-electron chi connectivity index (χ4n) is 3.22. The molecule has 0 amide bonds. The van der Waals surface area contributed by atoms with E-state index in [9.17, 15) is 0 Å². The normalized spacial score (nSPS) is 15.2. The quantitative estimate of drug-likeness (QED) is 0.836. The topological polar surface area (TPSA) is 39.5 Å². The van der Waals surface area contributed by atoms with Gasteiger partial charge in [-0.25, -0.2) is 0 Å². The van der Waals surface area contributed by atoms with Gasteiger partial charge in [0.1, 0.15) is 5.75 Å². The Bertz CT molecular complexity index is 743. The maximum atomic E-state index is 9.03. The zero-order valence-corrected chi connectivity index (χ0v) is 15.0. The Morgan fingerprint density at radius 1 is 1.04 bits per heavy atom. The average molecular weight is 335 g/mol. The highest BCUT2D eigenvalue weighted by Crippen LogP contribution is 2.29. The molecule has 0 aliphatic carbocycles. The Morgan fingerprint density at radius 3 is 2.52 bits per heavy atom. The van der Waals surface area contributed by atoms with Crippen LogP contribution in [0.4, 0.5) is 5.69 Å². The lowest BCUT2D eigenvalue weighted by atomic mass is 10.1. The second kappa shape index (κ2) is 8.04. The molecule has 130 valence electrons. The van der Waals surface area contributed by atoms with Gasteiger partial charge in [0.15, 0.2) is 0 Å². The number of para-hydroxylation sites is 2. The van der Waals surface area contributed by atoms with E-state index >= 15 is 0 Å². The molecule has 1 heterocycles. The molecule has 0 bridgehead atoms. The highest BCUT2D eigenvalue weighted by atomic mass is 16.5. The van der Waals surface area contributed by atoms with Crippen LogP contribution in [-0.2, 0) is 6.54 Å². The summed E-state index contributed by atoms with van der Waals surface area (Å²) in [5.74, 6) is 0.965. The first kappa shape index (κ1) is 17.3. The van der Waals surface area contributed by atoms with Crippen molar-refractivity contribution in [3.8, 4) is 11.8 Å². The zero-order valence-electron chi connectivity index (χ0n) is 15.0. The SMILES string of the molecule is CC(C)Oc1ccccc1N1CCN(Cc2cccc(C#N)c2)CC1. The van der Waals surface area contributed by atoms with Crippen LogP contribution >= 0.6 is 0 Å². The number of nitrogens with zero attached hydrogens (tertiary/aromatic N) is 3. The van der Waals surface area contributed by atoms with Crippen LogP contribution in [-0.4, -0.2) is 37.2 Å². The maximum Gasteiger partial charge on any atom is 0.142 e. The summed E-state index contributed by atoms with van der Waals surface area (Å²) in [5.41, 5.74) is 3.12. The van der Waals surface area contributed by atoms with Gasteiger partial charge in [-0.3, -0.25) is 4.90 Å². The molecule has 0 spiro atoms. The van der Waals surface area contributed by atoms with Crippen LogP contribution < -0.4 is 9.64 Å². The van der Waals surface area contributed by atoms with Gasteiger partial charge in [-0.2, -0.15) is 5.26 Å². The van der Waals surface area contributed by atoms with Crippen LogP contribution in [0.2, 0.25) is 0 Å². The van der Waals surface area contributed by atoms with E-state index in [4.69, 9.17) is 10.00 Å². The Kier molecular flexibility index (Phi) is 5.57. The van der Waals surface area contributed by atoms with Crippen molar-refractivity contribution in [3.63, 3.8) is 0 Å². The van der Waals surface area contributed by atoms with Gasteiger partial charge < -0.3 is 9.64 Å². The van der Waals surface area contributed by atoms with Crippen molar-refractivity contribution < 1.29 is 4.74 Å². The summed E-state index contributed by atoms with van der Waals surface area (Å²) in [4.78, 5) is 4.85. The van der Waals surface area contributed by atoms with E-state index in [0.717, 1.165) is 44.0 Å². The number of hydrogen-bond acceptors (Lipinski definition) is 4. The fraction of sp³-hybridized carbons (Fsp3) is 0.381. The van der Waals surface area contributed by atoms with Gasteiger partial charge in [-0.15, -0.1) is 0 Å². The summed E-state index contributed by atoms with van der Waals surface area (Å²) in [6, 6.07) is 18.4. The lowest BCUT2D eigenvalue weighted by molar-refractivity contribution is 0.235. The Balaban J connectivity index is 1.61. The van der Waals surface area contributed by atoms with Gasteiger partial charge in [0.25, 0.3) is 0 Å². The molecule has 0 aromatic heterocycles. The first-order valence-corrected chi connectivity index (χ1v) is 8.88. The minimum Gasteiger partial charge on any atom is -0.489 e. The molecule has 0 atom stereocenters. The molecule has 2 aromatic carbocycles. The van der Waals surface area contributed by atoms with E-state index in [1.807, 2.05) is 24.3 Å². The lowest BCUT2D eigenvalue weighted by Crippen LogP contribution is -2.46. The molecule has 4 nitrogen and oxygen atoms in total. The van der Waals surface area contributed by atoms with Crippen molar-refractivity contribution >= 4 is 5.69 Å². The van der Waals surface area contributed by atoms with E-state index < -0.39 is 0 Å². The minimum absolute atomic E-state index is 0.176. The monoisotopic (exact) mass is 335 g/mol. The molecule has 1 saturated heterocycles. The van der Waals surface area contributed by atoms with Gasteiger partial charge in [-0.1, -0.05) is 24.3 Å². The number of nitriles is 1. The van der Waals surface area contributed by atoms with Crippen molar-refractivity contribution in [3.05, 3.63) is 59.7 Å².